The van der Waals surface area contributed by atoms with Crippen LogP contribution in [0.4, 0.5) is 5.82 Å². The van der Waals surface area contributed by atoms with E-state index in [0.29, 0.717) is 30.3 Å². The highest BCUT2D eigenvalue weighted by atomic mass is 16.5. The summed E-state index contributed by atoms with van der Waals surface area (Å²) in [5, 5.41) is 9.93. The molecule has 4 aromatic rings. The quantitative estimate of drug-likeness (QED) is 0.376. The zero-order valence-corrected chi connectivity index (χ0v) is 18.7. The number of nitrogens with two attached hydrogens (primary N) is 1. The molecule has 0 amide bonds. The van der Waals surface area contributed by atoms with Crippen LogP contribution in [0.2, 0.25) is 0 Å². The van der Waals surface area contributed by atoms with E-state index < -0.39 is 0 Å². The van der Waals surface area contributed by atoms with E-state index in [9.17, 15) is 5.26 Å². The number of aryl methyl sites for hydroxylation is 1. The van der Waals surface area contributed by atoms with Gasteiger partial charge in [0, 0.05) is 16.8 Å². The number of nitrogen functional groups attached to an aromatic ring is 1. The lowest BCUT2D eigenvalue weighted by atomic mass is 9.90. The standard InChI is InChI=1S/C28H25N3O2/c1-3-32-25-16-22(14-15-24(25)33-18-20-10-6-4-7-11-20)27-23(17-29)28(30)31-19(2)26(27)21-12-8-5-9-13-21/h4-16H,3,18H2,1-2H3,(H2,30,31). The lowest BCUT2D eigenvalue weighted by Crippen LogP contribution is -2.04. The molecule has 3 aromatic carbocycles. The highest BCUT2D eigenvalue weighted by Gasteiger charge is 2.21. The van der Waals surface area contributed by atoms with Crippen molar-refractivity contribution in [3.05, 3.63) is 95.7 Å². The molecule has 164 valence electrons. The van der Waals surface area contributed by atoms with E-state index in [-0.39, 0.29) is 5.82 Å². The molecule has 5 nitrogen and oxygen atoms in total. The first-order valence-electron chi connectivity index (χ1n) is 10.8. The summed E-state index contributed by atoms with van der Waals surface area (Å²) in [5.74, 6) is 1.47. The third-order valence-electron chi connectivity index (χ3n) is 5.35. The van der Waals surface area contributed by atoms with Crippen LogP contribution >= 0.6 is 0 Å². The Hall–Kier alpha value is -4.30. The van der Waals surface area contributed by atoms with Crippen molar-refractivity contribution in [1.82, 2.24) is 4.98 Å². The molecule has 33 heavy (non-hydrogen) atoms. The third-order valence-corrected chi connectivity index (χ3v) is 5.35. The van der Waals surface area contributed by atoms with Gasteiger partial charge in [0.1, 0.15) is 24.1 Å². The largest absolute Gasteiger partial charge is 0.490 e. The first kappa shape index (κ1) is 21.9. The zero-order chi connectivity index (χ0) is 23.2. The number of nitrogens with zero attached hydrogens (tertiary/aromatic N) is 2. The minimum atomic E-state index is 0.215. The predicted octanol–water partition coefficient (Wildman–Crippen LogP) is 6.16. The molecule has 1 aromatic heterocycles. The normalized spacial score (nSPS) is 10.5. The summed E-state index contributed by atoms with van der Waals surface area (Å²) < 4.78 is 12.0. The van der Waals surface area contributed by atoms with Crippen molar-refractivity contribution in [2.45, 2.75) is 20.5 Å². The number of benzene rings is 3. The van der Waals surface area contributed by atoms with Gasteiger partial charge in [0.05, 0.1) is 6.61 Å². The predicted molar refractivity (Wildman–Crippen MR) is 131 cm³/mol. The Morgan fingerprint density at radius 2 is 1.55 bits per heavy atom. The number of aromatic nitrogens is 1. The highest BCUT2D eigenvalue weighted by molar-refractivity contribution is 5.91. The van der Waals surface area contributed by atoms with Gasteiger partial charge in [-0.1, -0.05) is 66.7 Å². The van der Waals surface area contributed by atoms with E-state index in [4.69, 9.17) is 15.2 Å². The topological polar surface area (TPSA) is 81.2 Å². The van der Waals surface area contributed by atoms with Crippen LogP contribution in [0.15, 0.2) is 78.9 Å². The Bertz CT molecular complexity index is 1300. The number of pyridine rings is 1. The van der Waals surface area contributed by atoms with Gasteiger partial charge in [-0.25, -0.2) is 4.98 Å². The number of nitriles is 1. The van der Waals surface area contributed by atoms with Gasteiger partial charge in [-0.2, -0.15) is 5.26 Å². The second-order valence-electron chi connectivity index (χ2n) is 7.55. The number of hydrogen-bond donors (Lipinski definition) is 1. The van der Waals surface area contributed by atoms with Crippen LogP contribution in [-0.2, 0) is 6.61 Å². The first-order chi connectivity index (χ1) is 16.1. The summed E-state index contributed by atoms with van der Waals surface area (Å²) in [6.07, 6.45) is 0. The molecular formula is C28H25N3O2. The Labute approximate surface area is 194 Å². The fourth-order valence-corrected chi connectivity index (χ4v) is 3.87. The summed E-state index contributed by atoms with van der Waals surface area (Å²) in [7, 11) is 0. The summed E-state index contributed by atoms with van der Waals surface area (Å²) in [5.41, 5.74) is 11.7. The molecule has 0 aliphatic rings. The lowest BCUT2D eigenvalue weighted by molar-refractivity contribution is 0.269. The molecule has 0 unspecified atom stereocenters. The third kappa shape index (κ3) is 4.65. The number of hydrogen-bond acceptors (Lipinski definition) is 5. The molecule has 0 bridgehead atoms. The Morgan fingerprint density at radius 1 is 0.848 bits per heavy atom. The molecular weight excluding hydrogens is 410 g/mol. The maximum Gasteiger partial charge on any atom is 0.161 e. The van der Waals surface area contributed by atoms with Gasteiger partial charge in [0.15, 0.2) is 11.5 Å². The number of anilines is 1. The molecule has 0 saturated heterocycles. The SMILES string of the molecule is CCOc1cc(-c2c(C#N)c(N)nc(C)c2-c2ccccc2)ccc1OCc1ccccc1. The first-order valence-corrected chi connectivity index (χ1v) is 10.8. The molecule has 1 heterocycles. The Morgan fingerprint density at radius 3 is 2.21 bits per heavy atom. The maximum atomic E-state index is 9.93. The minimum Gasteiger partial charge on any atom is -0.490 e. The van der Waals surface area contributed by atoms with Crippen molar-refractivity contribution >= 4 is 5.82 Å². The smallest absolute Gasteiger partial charge is 0.161 e. The summed E-state index contributed by atoms with van der Waals surface area (Å²) in [6, 6.07) is 27.8. The molecule has 5 heteroatoms. The minimum absolute atomic E-state index is 0.215. The molecule has 0 aliphatic carbocycles. The van der Waals surface area contributed by atoms with E-state index in [1.165, 1.54) is 0 Å². The van der Waals surface area contributed by atoms with Gasteiger partial charge in [0.25, 0.3) is 0 Å². The van der Waals surface area contributed by atoms with Gasteiger partial charge in [-0.05, 0) is 42.7 Å². The fourth-order valence-electron chi connectivity index (χ4n) is 3.87. The molecule has 0 fully saturated rings. The second kappa shape index (κ2) is 9.88. The molecule has 0 aliphatic heterocycles. The van der Waals surface area contributed by atoms with E-state index >= 15 is 0 Å². The molecule has 0 radical (unpaired) electrons. The molecule has 0 spiro atoms. The van der Waals surface area contributed by atoms with Gasteiger partial charge in [-0.15, -0.1) is 0 Å². The number of ether oxygens (including phenoxy) is 2. The van der Waals surface area contributed by atoms with Crippen molar-refractivity contribution in [1.29, 1.82) is 5.26 Å². The van der Waals surface area contributed by atoms with Crippen LogP contribution in [0.5, 0.6) is 11.5 Å². The second-order valence-corrected chi connectivity index (χ2v) is 7.55. The van der Waals surface area contributed by atoms with Crippen LogP contribution in [0.25, 0.3) is 22.3 Å². The molecule has 4 rings (SSSR count). The number of rotatable bonds is 7. The van der Waals surface area contributed by atoms with Crippen molar-refractivity contribution in [2.75, 3.05) is 12.3 Å². The van der Waals surface area contributed by atoms with Crippen LogP contribution in [-0.4, -0.2) is 11.6 Å². The average Bonchev–Trinajstić information content (AvgIpc) is 2.84. The summed E-state index contributed by atoms with van der Waals surface area (Å²) in [4.78, 5) is 4.45. The van der Waals surface area contributed by atoms with Crippen molar-refractivity contribution in [3.63, 3.8) is 0 Å². The molecule has 0 saturated carbocycles. The summed E-state index contributed by atoms with van der Waals surface area (Å²) >= 11 is 0. The van der Waals surface area contributed by atoms with Crippen molar-refractivity contribution in [3.8, 4) is 39.8 Å². The molecule has 0 atom stereocenters. The maximum absolute atomic E-state index is 9.93. The van der Waals surface area contributed by atoms with E-state index in [1.54, 1.807) is 0 Å². The van der Waals surface area contributed by atoms with E-state index in [0.717, 1.165) is 33.5 Å². The van der Waals surface area contributed by atoms with Gasteiger partial charge >= 0.3 is 0 Å². The fraction of sp³-hybridized carbons (Fsp3) is 0.143. The van der Waals surface area contributed by atoms with Crippen LogP contribution in [0.1, 0.15) is 23.7 Å². The molecule has 2 N–H and O–H groups in total. The van der Waals surface area contributed by atoms with Gasteiger partial charge < -0.3 is 15.2 Å². The van der Waals surface area contributed by atoms with E-state index in [1.807, 2.05) is 92.7 Å². The Kier molecular flexibility index (Phi) is 6.56. The zero-order valence-electron chi connectivity index (χ0n) is 18.7. The van der Waals surface area contributed by atoms with Gasteiger partial charge in [0.2, 0.25) is 0 Å². The van der Waals surface area contributed by atoms with Crippen molar-refractivity contribution in [2.24, 2.45) is 0 Å². The van der Waals surface area contributed by atoms with Crippen LogP contribution in [0, 0.1) is 18.3 Å². The average molecular weight is 436 g/mol. The van der Waals surface area contributed by atoms with Crippen molar-refractivity contribution < 1.29 is 9.47 Å². The lowest BCUT2D eigenvalue weighted by Gasteiger charge is -2.18. The monoisotopic (exact) mass is 435 g/mol. The Balaban J connectivity index is 1.83. The summed E-state index contributed by atoms with van der Waals surface area (Å²) in [6.45, 7) is 4.75. The highest BCUT2D eigenvalue weighted by Crippen LogP contribution is 2.41. The van der Waals surface area contributed by atoms with Crippen LogP contribution < -0.4 is 15.2 Å². The van der Waals surface area contributed by atoms with E-state index in [2.05, 4.69) is 11.1 Å². The van der Waals surface area contributed by atoms with Gasteiger partial charge in [-0.3, -0.25) is 0 Å². The van der Waals surface area contributed by atoms with Crippen LogP contribution in [0.3, 0.4) is 0 Å².